The fourth-order valence-electron chi connectivity index (χ4n) is 2.07. The molecule has 0 spiro atoms. The third kappa shape index (κ3) is 3.44. The molecule has 4 heteroatoms. The third-order valence-electron chi connectivity index (χ3n) is 3.16. The molecule has 0 saturated carbocycles. The van der Waals surface area contributed by atoms with E-state index in [0.29, 0.717) is 12.0 Å². The van der Waals surface area contributed by atoms with Crippen LogP contribution in [0.1, 0.15) is 22.7 Å². The van der Waals surface area contributed by atoms with Crippen LogP contribution < -0.4 is 5.73 Å². The van der Waals surface area contributed by atoms with Gasteiger partial charge in [-0.05, 0) is 54.3 Å². The maximum atomic E-state index is 13.7. The minimum Gasteiger partial charge on any atom is -0.324 e. The first-order chi connectivity index (χ1) is 8.99. The van der Waals surface area contributed by atoms with E-state index in [0.717, 1.165) is 20.1 Å². The molecule has 2 aromatic carbocycles. The summed E-state index contributed by atoms with van der Waals surface area (Å²) in [6.45, 7) is 2.01. The lowest BCUT2D eigenvalue weighted by Crippen LogP contribution is -2.15. The van der Waals surface area contributed by atoms with E-state index in [1.165, 1.54) is 6.07 Å². The summed E-state index contributed by atoms with van der Waals surface area (Å²) in [5.74, 6) is -0.216. The maximum absolute atomic E-state index is 13.7. The molecule has 1 nitrogen and oxygen atoms in total. The predicted molar refractivity (Wildman–Crippen MR) is 83.6 cm³/mol. The fraction of sp³-hybridized carbons (Fsp3) is 0.200. The van der Waals surface area contributed by atoms with Gasteiger partial charge in [0.05, 0.1) is 0 Å². The monoisotopic (exact) mass is 385 g/mol. The highest BCUT2D eigenvalue weighted by Crippen LogP contribution is 2.27. The molecule has 2 rings (SSSR count). The van der Waals surface area contributed by atoms with Crippen molar-refractivity contribution in [3.8, 4) is 0 Å². The number of rotatable bonds is 3. The van der Waals surface area contributed by atoms with E-state index >= 15 is 0 Å². The molecule has 19 heavy (non-hydrogen) atoms. The summed E-state index contributed by atoms with van der Waals surface area (Å²) >= 11 is 6.84. The van der Waals surface area contributed by atoms with Gasteiger partial charge < -0.3 is 5.73 Å². The summed E-state index contributed by atoms with van der Waals surface area (Å²) < 4.78 is 15.6. The Bertz CT molecular complexity index is 599. The van der Waals surface area contributed by atoms with Gasteiger partial charge in [0, 0.05) is 15.0 Å². The second-order valence-corrected chi connectivity index (χ2v) is 6.27. The van der Waals surface area contributed by atoms with Crippen molar-refractivity contribution in [1.82, 2.24) is 0 Å². The third-order valence-corrected chi connectivity index (χ3v) is 4.51. The molecule has 1 unspecified atom stereocenters. The Morgan fingerprint density at radius 1 is 1.21 bits per heavy atom. The summed E-state index contributed by atoms with van der Waals surface area (Å²) in [6.07, 6.45) is 0.475. The summed E-state index contributed by atoms with van der Waals surface area (Å²) in [5.41, 5.74) is 8.98. The number of hydrogen-bond acceptors (Lipinski definition) is 1. The lowest BCUT2D eigenvalue weighted by Gasteiger charge is -2.16. The van der Waals surface area contributed by atoms with Crippen LogP contribution in [0.3, 0.4) is 0 Å². The Morgan fingerprint density at radius 3 is 2.68 bits per heavy atom. The van der Waals surface area contributed by atoms with Gasteiger partial charge in [-0.15, -0.1) is 0 Å². The van der Waals surface area contributed by atoms with Crippen molar-refractivity contribution < 1.29 is 4.39 Å². The van der Waals surface area contributed by atoms with Crippen molar-refractivity contribution in [1.29, 1.82) is 0 Å². The zero-order valence-corrected chi connectivity index (χ0v) is 13.6. The average molecular weight is 387 g/mol. The van der Waals surface area contributed by atoms with Gasteiger partial charge in [0.15, 0.2) is 0 Å². The first-order valence-electron chi connectivity index (χ1n) is 5.93. The van der Waals surface area contributed by atoms with Crippen molar-refractivity contribution in [2.45, 2.75) is 19.4 Å². The molecule has 0 aliphatic rings. The van der Waals surface area contributed by atoms with Crippen LogP contribution in [0, 0.1) is 12.7 Å². The number of benzene rings is 2. The van der Waals surface area contributed by atoms with E-state index in [-0.39, 0.29) is 11.9 Å². The second-order valence-electron chi connectivity index (χ2n) is 4.50. The van der Waals surface area contributed by atoms with Gasteiger partial charge in [0.1, 0.15) is 5.82 Å². The molecule has 1 atom stereocenters. The van der Waals surface area contributed by atoms with E-state index in [4.69, 9.17) is 5.73 Å². The van der Waals surface area contributed by atoms with Crippen molar-refractivity contribution >= 4 is 31.9 Å². The smallest absolute Gasteiger partial charge is 0.126 e. The minimum atomic E-state index is -0.221. The SMILES string of the molecule is Cc1c(Br)cccc1C(N)Cc1cc(Br)ccc1F. The molecule has 100 valence electrons. The van der Waals surface area contributed by atoms with Crippen LogP contribution in [0.4, 0.5) is 4.39 Å². The molecule has 0 aliphatic heterocycles. The molecule has 2 N–H and O–H groups in total. The zero-order chi connectivity index (χ0) is 14.0. The Kier molecular flexibility index (Phi) is 4.76. The largest absolute Gasteiger partial charge is 0.324 e. The molecule has 0 aliphatic carbocycles. The Hall–Kier alpha value is -0.710. The van der Waals surface area contributed by atoms with E-state index < -0.39 is 0 Å². The van der Waals surface area contributed by atoms with Gasteiger partial charge in [-0.1, -0.05) is 44.0 Å². The summed E-state index contributed by atoms with van der Waals surface area (Å²) in [5, 5.41) is 0. The lowest BCUT2D eigenvalue weighted by molar-refractivity contribution is 0.592. The molecular formula is C15H14Br2FN. The van der Waals surface area contributed by atoms with E-state index in [2.05, 4.69) is 31.9 Å². The molecule has 0 fully saturated rings. The van der Waals surface area contributed by atoms with Crippen LogP contribution in [0.25, 0.3) is 0 Å². The van der Waals surface area contributed by atoms with Crippen LogP contribution in [0.15, 0.2) is 45.3 Å². The Balaban J connectivity index is 2.28. The average Bonchev–Trinajstić information content (AvgIpc) is 2.37. The molecule has 0 bridgehead atoms. The summed E-state index contributed by atoms with van der Waals surface area (Å²) in [6, 6.07) is 10.6. The number of halogens is 3. The number of nitrogens with two attached hydrogens (primary N) is 1. The number of hydrogen-bond donors (Lipinski definition) is 1. The highest BCUT2D eigenvalue weighted by molar-refractivity contribution is 9.10. The summed E-state index contributed by atoms with van der Waals surface area (Å²) in [4.78, 5) is 0. The summed E-state index contributed by atoms with van der Waals surface area (Å²) in [7, 11) is 0. The Morgan fingerprint density at radius 2 is 1.95 bits per heavy atom. The molecule has 0 saturated heterocycles. The van der Waals surface area contributed by atoms with Crippen molar-refractivity contribution in [3.05, 3.63) is 67.9 Å². The first kappa shape index (κ1) is 14.7. The Labute approximate surface area is 129 Å². The van der Waals surface area contributed by atoms with Gasteiger partial charge in [-0.25, -0.2) is 4.39 Å². The van der Waals surface area contributed by atoms with Crippen LogP contribution >= 0.6 is 31.9 Å². The van der Waals surface area contributed by atoms with Crippen molar-refractivity contribution in [2.24, 2.45) is 5.73 Å². The lowest BCUT2D eigenvalue weighted by atomic mass is 9.96. The maximum Gasteiger partial charge on any atom is 0.126 e. The van der Waals surface area contributed by atoms with Gasteiger partial charge in [-0.2, -0.15) is 0 Å². The molecule has 0 heterocycles. The molecular weight excluding hydrogens is 373 g/mol. The standard InChI is InChI=1S/C15H14Br2FN/c1-9-12(3-2-4-13(9)17)15(19)8-10-7-11(16)5-6-14(10)18/h2-7,15H,8,19H2,1H3. The molecule has 0 amide bonds. The molecule has 0 radical (unpaired) electrons. The van der Waals surface area contributed by atoms with Crippen molar-refractivity contribution in [3.63, 3.8) is 0 Å². The predicted octanol–water partition coefficient (Wildman–Crippen LogP) is 4.90. The molecule has 0 aromatic heterocycles. The van der Waals surface area contributed by atoms with Crippen LogP contribution in [0.2, 0.25) is 0 Å². The minimum absolute atomic E-state index is 0.216. The van der Waals surface area contributed by atoms with Crippen LogP contribution in [-0.4, -0.2) is 0 Å². The highest BCUT2D eigenvalue weighted by Gasteiger charge is 2.13. The van der Waals surface area contributed by atoms with Gasteiger partial charge in [0.2, 0.25) is 0 Å². The van der Waals surface area contributed by atoms with E-state index in [9.17, 15) is 4.39 Å². The quantitative estimate of drug-likeness (QED) is 0.797. The van der Waals surface area contributed by atoms with Crippen LogP contribution in [-0.2, 0) is 6.42 Å². The normalized spacial score (nSPS) is 12.5. The van der Waals surface area contributed by atoms with Crippen LogP contribution in [0.5, 0.6) is 0 Å². The fourth-order valence-corrected chi connectivity index (χ4v) is 2.86. The van der Waals surface area contributed by atoms with Gasteiger partial charge >= 0.3 is 0 Å². The topological polar surface area (TPSA) is 26.0 Å². The van der Waals surface area contributed by atoms with E-state index in [1.807, 2.05) is 25.1 Å². The van der Waals surface area contributed by atoms with Gasteiger partial charge in [-0.3, -0.25) is 0 Å². The highest BCUT2D eigenvalue weighted by atomic mass is 79.9. The van der Waals surface area contributed by atoms with Gasteiger partial charge in [0.25, 0.3) is 0 Å². The van der Waals surface area contributed by atoms with Crippen molar-refractivity contribution in [2.75, 3.05) is 0 Å². The first-order valence-corrected chi connectivity index (χ1v) is 7.52. The van der Waals surface area contributed by atoms with E-state index in [1.54, 1.807) is 12.1 Å². The molecule has 2 aromatic rings. The zero-order valence-electron chi connectivity index (χ0n) is 10.5. The second kappa shape index (κ2) is 6.16.